The molecule has 0 unspecified atom stereocenters. The highest BCUT2D eigenvalue weighted by Gasteiger charge is 2.16. The van der Waals surface area contributed by atoms with Crippen LogP contribution < -0.4 is 0 Å². The quantitative estimate of drug-likeness (QED) is 0.711. The first-order valence-corrected chi connectivity index (χ1v) is 8.39. The molecule has 1 aromatic rings. The van der Waals surface area contributed by atoms with Gasteiger partial charge in [0.05, 0.1) is 17.9 Å². The van der Waals surface area contributed by atoms with Crippen LogP contribution in [0.4, 0.5) is 0 Å². The molecule has 2 aliphatic carbocycles. The predicted molar refractivity (Wildman–Crippen MR) is 92.9 cm³/mol. The van der Waals surface area contributed by atoms with Crippen molar-refractivity contribution >= 4 is 11.8 Å². The summed E-state index contributed by atoms with van der Waals surface area (Å²) in [7, 11) is 0. The van der Waals surface area contributed by atoms with Crippen molar-refractivity contribution in [3.63, 3.8) is 0 Å². The first kappa shape index (κ1) is 15.0. The van der Waals surface area contributed by atoms with E-state index in [4.69, 9.17) is 0 Å². The van der Waals surface area contributed by atoms with Crippen LogP contribution in [0.1, 0.15) is 63.5 Å². The zero-order valence-electron chi connectivity index (χ0n) is 13.5. The summed E-state index contributed by atoms with van der Waals surface area (Å²) >= 11 is 0. The van der Waals surface area contributed by atoms with Gasteiger partial charge in [0, 0.05) is 18.0 Å². The summed E-state index contributed by atoms with van der Waals surface area (Å²) in [6.07, 6.45) is 19.1. The van der Waals surface area contributed by atoms with Crippen LogP contribution in [0.25, 0.3) is 5.57 Å². The lowest BCUT2D eigenvalue weighted by Gasteiger charge is -2.21. The fourth-order valence-corrected chi connectivity index (χ4v) is 3.21. The van der Waals surface area contributed by atoms with Crippen molar-refractivity contribution in [3.8, 4) is 0 Å². The van der Waals surface area contributed by atoms with Crippen molar-refractivity contribution in [3.05, 3.63) is 48.0 Å². The number of hydrogen-bond acceptors (Lipinski definition) is 2. The molecule has 1 aromatic heterocycles. The average molecular weight is 295 g/mol. The van der Waals surface area contributed by atoms with Crippen LogP contribution in [0.15, 0.2) is 47.4 Å². The van der Waals surface area contributed by atoms with Crippen LogP contribution in [0, 0.1) is 0 Å². The number of aromatic nitrogens is 2. The van der Waals surface area contributed by atoms with E-state index < -0.39 is 0 Å². The second-order valence-electron chi connectivity index (χ2n) is 6.34. The summed E-state index contributed by atoms with van der Waals surface area (Å²) in [5.41, 5.74) is 4.34. The summed E-state index contributed by atoms with van der Waals surface area (Å²) in [6, 6.07) is 0.568. The Hall–Kier alpha value is -1.90. The van der Waals surface area contributed by atoms with Gasteiger partial charge in [-0.3, -0.25) is 9.67 Å². The van der Waals surface area contributed by atoms with Crippen LogP contribution in [-0.4, -0.2) is 16.0 Å². The van der Waals surface area contributed by atoms with Gasteiger partial charge in [0.15, 0.2) is 0 Å². The molecule has 3 rings (SSSR count). The van der Waals surface area contributed by atoms with E-state index in [1.165, 1.54) is 37.7 Å². The van der Waals surface area contributed by atoms with Crippen molar-refractivity contribution in [2.45, 2.75) is 57.9 Å². The second-order valence-corrected chi connectivity index (χ2v) is 6.34. The monoisotopic (exact) mass is 295 g/mol. The number of aliphatic imine (C=N–C) groups is 1. The molecule has 116 valence electrons. The van der Waals surface area contributed by atoms with Gasteiger partial charge >= 0.3 is 0 Å². The molecule has 22 heavy (non-hydrogen) atoms. The van der Waals surface area contributed by atoms with Crippen LogP contribution in [0.5, 0.6) is 0 Å². The van der Waals surface area contributed by atoms with E-state index in [1.54, 1.807) is 0 Å². The molecule has 0 atom stereocenters. The van der Waals surface area contributed by atoms with Gasteiger partial charge < -0.3 is 0 Å². The number of allylic oxidation sites excluding steroid dienone is 4. The molecule has 0 aromatic carbocycles. The first-order chi connectivity index (χ1) is 10.7. The van der Waals surface area contributed by atoms with Gasteiger partial charge in [-0.1, -0.05) is 38.0 Å². The zero-order chi connectivity index (χ0) is 15.4. The summed E-state index contributed by atoms with van der Waals surface area (Å²) in [4.78, 5) is 4.59. The van der Waals surface area contributed by atoms with E-state index >= 15 is 0 Å². The van der Waals surface area contributed by atoms with Crippen molar-refractivity contribution in [2.24, 2.45) is 4.99 Å². The molecule has 1 heterocycles. The molecule has 0 spiro atoms. The summed E-state index contributed by atoms with van der Waals surface area (Å²) in [5, 5.41) is 4.54. The number of nitrogens with zero attached hydrogens (tertiary/aromatic N) is 3. The molecule has 1 saturated carbocycles. The van der Waals surface area contributed by atoms with Gasteiger partial charge in [0.25, 0.3) is 0 Å². The van der Waals surface area contributed by atoms with Crippen molar-refractivity contribution in [1.29, 1.82) is 0 Å². The summed E-state index contributed by atoms with van der Waals surface area (Å²) in [6.45, 7) is 6.26. The minimum Gasteiger partial charge on any atom is -0.269 e. The van der Waals surface area contributed by atoms with Gasteiger partial charge in [-0.2, -0.15) is 5.10 Å². The molecule has 0 bridgehead atoms. The molecule has 0 radical (unpaired) electrons. The van der Waals surface area contributed by atoms with Gasteiger partial charge in [-0.25, -0.2) is 0 Å². The minimum atomic E-state index is 0.568. The molecule has 3 heteroatoms. The standard InChI is InChI=1S/C19H25N3/c1-15-8-6-7-11-19(15)20-12-16(2)17-13-21-22(14-17)18-9-4-3-5-10-18/h8,11-14,18H,2-7,9-10H2,1H3. The van der Waals surface area contributed by atoms with Crippen LogP contribution >= 0.6 is 0 Å². The Kier molecular flexibility index (Phi) is 4.71. The Bertz CT molecular complexity index is 625. The molecule has 2 aliphatic rings. The highest BCUT2D eigenvalue weighted by molar-refractivity contribution is 6.09. The Balaban J connectivity index is 1.66. The molecule has 0 N–H and O–H groups in total. The van der Waals surface area contributed by atoms with Gasteiger partial charge in [0.1, 0.15) is 0 Å². The topological polar surface area (TPSA) is 30.2 Å². The Labute approximate surface area is 133 Å². The third-order valence-electron chi connectivity index (χ3n) is 4.64. The highest BCUT2D eigenvalue weighted by atomic mass is 15.3. The van der Waals surface area contributed by atoms with Gasteiger partial charge in [-0.05, 0) is 43.8 Å². The molecule has 0 amide bonds. The van der Waals surface area contributed by atoms with Gasteiger partial charge in [0.2, 0.25) is 0 Å². The van der Waals surface area contributed by atoms with Crippen LogP contribution in [0.3, 0.4) is 0 Å². The smallest absolute Gasteiger partial charge is 0.0616 e. The molecule has 0 saturated heterocycles. The van der Waals surface area contributed by atoms with Crippen molar-refractivity contribution < 1.29 is 0 Å². The third kappa shape index (κ3) is 3.46. The van der Waals surface area contributed by atoms with E-state index in [-0.39, 0.29) is 0 Å². The number of hydrogen-bond donors (Lipinski definition) is 0. The van der Waals surface area contributed by atoms with Crippen molar-refractivity contribution in [1.82, 2.24) is 9.78 Å². The lowest BCUT2D eigenvalue weighted by Crippen LogP contribution is -2.12. The molecule has 1 fully saturated rings. The van der Waals surface area contributed by atoms with Crippen LogP contribution in [-0.2, 0) is 0 Å². The average Bonchev–Trinajstić information content (AvgIpc) is 3.05. The van der Waals surface area contributed by atoms with E-state index in [0.717, 1.165) is 29.7 Å². The lowest BCUT2D eigenvalue weighted by atomic mass is 9.96. The summed E-state index contributed by atoms with van der Waals surface area (Å²) in [5.74, 6) is 0. The lowest BCUT2D eigenvalue weighted by molar-refractivity contribution is 0.329. The first-order valence-electron chi connectivity index (χ1n) is 8.39. The maximum atomic E-state index is 4.59. The van der Waals surface area contributed by atoms with E-state index in [0.29, 0.717) is 6.04 Å². The van der Waals surface area contributed by atoms with Crippen LogP contribution in [0.2, 0.25) is 0 Å². The second kappa shape index (κ2) is 6.91. The largest absolute Gasteiger partial charge is 0.269 e. The molecular formula is C19H25N3. The summed E-state index contributed by atoms with van der Waals surface area (Å²) < 4.78 is 2.12. The number of rotatable bonds is 4. The van der Waals surface area contributed by atoms with E-state index in [2.05, 4.69) is 46.6 Å². The van der Waals surface area contributed by atoms with E-state index in [1.807, 2.05) is 12.4 Å². The van der Waals surface area contributed by atoms with Crippen molar-refractivity contribution in [2.75, 3.05) is 0 Å². The maximum Gasteiger partial charge on any atom is 0.0616 e. The maximum absolute atomic E-state index is 4.59. The Morgan fingerprint density at radius 1 is 1.27 bits per heavy atom. The zero-order valence-corrected chi connectivity index (χ0v) is 13.5. The Morgan fingerprint density at radius 3 is 2.82 bits per heavy atom. The molecule has 0 aliphatic heterocycles. The SMILES string of the molecule is C=C(C=NC1=CCCC=C1C)c1cnn(C2CCCCC2)c1. The molecular weight excluding hydrogens is 270 g/mol. The predicted octanol–water partition coefficient (Wildman–Crippen LogP) is 5.10. The minimum absolute atomic E-state index is 0.568. The highest BCUT2D eigenvalue weighted by Crippen LogP contribution is 2.28. The normalized spacial score (nSPS) is 20.0. The Morgan fingerprint density at radius 2 is 2.05 bits per heavy atom. The molecule has 3 nitrogen and oxygen atoms in total. The fourth-order valence-electron chi connectivity index (χ4n) is 3.21. The fraction of sp³-hybridized carbons (Fsp3) is 0.474. The third-order valence-corrected chi connectivity index (χ3v) is 4.64. The van der Waals surface area contributed by atoms with Gasteiger partial charge in [-0.15, -0.1) is 0 Å². The van der Waals surface area contributed by atoms with E-state index in [9.17, 15) is 0 Å².